The van der Waals surface area contributed by atoms with Crippen LogP contribution in [-0.2, 0) is 12.8 Å². The van der Waals surface area contributed by atoms with Gasteiger partial charge in [0.05, 0.1) is 0 Å². The van der Waals surface area contributed by atoms with E-state index in [4.69, 9.17) is 10.5 Å². The van der Waals surface area contributed by atoms with E-state index in [1.807, 2.05) is 0 Å². The summed E-state index contributed by atoms with van der Waals surface area (Å²) in [5.41, 5.74) is 8.44. The van der Waals surface area contributed by atoms with Gasteiger partial charge in [0.25, 0.3) is 0 Å². The third kappa shape index (κ3) is 2.56. The molecule has 0 aliphatic carbocycles. The van der Waals surface area contributed by atoms with Gasteiger partial charge in [-0.25, -0.2) is 0 Å². The first-order chi connectivity index (χ1) is 7.25. The van der Waals surface area contributed by atoms with E-state index in [9.17, 15) is 0 Å². The van der Waals surface area contributed by atoms with Crippen molar-refractivity contribution in [3.63, 3.8) is 0 Å². The van der Waals surface area contributed by atoms with Crippen LogP contribution in [0, 0.1) is 0 Å². The maximum absolute atomic E-state index is 6.03. The number of nitrogens with two attached hydrogens (primary N) is 1. The Kier molecular flexibility index (Phi) is 2.50. The molecule has 1 aromatic rings. The van der Waals surface area contributed by atoms with E-state index in [0.29, 0.717) is 0 Å². The molecule has 0 unspecified atom stereocenters. The standard InChI is InChI=1S/C14H21NO/c1-13(2,15)8-10-5-6-12-11(7-10)9-14(3,4)16-12/h5-7H,8-9,15H2,1-4H3. The smallest absolute Gasteiger partial charge is 0.123 e. The van der Waals surface area contributed by atoms with Gasteiger partial charge in [0.15, 0.2) is 0 Å². The Bertz CT molecular complexity index is 402. The molecular weight excluding hydrogens is 198 g/mol. The first kappa shape index (κ1) is 11.5. The normalized spacial score (nSPS) is 18.1. The number of hydrogen-bond donors (Lipinski definition) is 1. The van der Waals surface area contributed by atoms with Gasteiger partial charge in [0.2, 0.25) is 0 Å². The van der Waals surface area contributed by atoms with E-state index in [0.717, 1.165) is 18.6 Å². The van der Waals surface area contributed by atoms with Gasteiger partial charge in [-0.2, -0.15) is 0 Å². The zero-order chi connectivity index (χ0) is 12.0. The van der Waals surface area contributed by atoms with Gasteiger partial charge in [-0.1, -0.05) is 12.1 Å². The lowest BCUT2D eigenvalue weighted by Gasteiger charge is -2.18. The summed E-state index contributed by atoms with van der Waals surface area (Å²) in [6.07, 6.45) is 1.89. The summed E-state index contributed by atoms with van der Waals surface area (Å²) >= 11 is 0. The average Bonchev–Trinajstić information content (AvgIpc) is 2.34. The van der Waals surface area contributed by atoms with Gasteiger partial charge in [-0.3, -0.25) is 0 Å². The fourth-order valence-electron chi connectivity index (χ4n) is 2.30. The van der Waals surface area contributed by atoms with Crippen molar-refractivity contribution in [2.24, 2.45) is 5.73 Å². The number of ether oxygens (including phenoxy) is 1. The van der Waals surface area contributed by atoms with Crippen LogP contribution in [0.4, 0.5) is 0 Å². The SMILES string of the molecule is CC(C)(N)Cc1ccc2c(c1)CC(C)(C)O2. The number of rotatable bonds is 2. The maximum atomic E-state index is 6.03. The van der Waals surface area contributed by atoms with Crippen LogP contribution in [0.3, 0.4) is 0 Å². The van der Waals surface area contributed by atoms with Crippen molar-refractivity contribution >= 4 is 0 Å². The van der Waals surface area contributed by atoms with Crippen LogP contribution < -0.4 is 10.5 Å². The van der Waals surface area contributed by atoms with E-state index < -0.39 is 0 Å². The Hall–Kier alpha value is -1.02. The Morgan fingerprint density at radius 2 is 2.06 bits per heavy atom. The molecule has 0 saturated heterocycles. The van der Waals surface area contributed by atoms with Crippen LogP contribution in [-0.4, -0.2) is 11.1 Å². The third-order valence-electron chi connectivity index (χ3n) is 2.79. The summed E-state index contributed by atoms with van der Waals surface area (Å²) in [5, 5.41) is 0. The average molecular weight is 219 g/mol. The van der Waals surface area contributed by atoms with Gasteiger partial charge in [0.1, 0.15) is 11.4 Å². The lowest BCUT2D eigenvalue weighted by Crippen LogP contribution is -2.34. The molecule has 1 heterocycles. The lowest BCUT2D eigenvalue weighted by molar-refractivity contribution is 0.138. The predicted octanol–water partition coefficient (Wildman–Crippen LogP) is 2.68. The van der Waals surface area contributed by atoms with Gasteiger partial charge in [-0.05, 0) is 51.3 Å². The molecule has 0 bridgehead atoms. The molecule has 2 N–H and O–H groups in total. The Morgan fingerprint density at radius 3 is 2.69 bits per heavy atom. The molecule has 0 aromatic heterocycles. The highest BCUT2D eigenvalue weighted by atomic mass is 16.5. The zero-order valence-electron chi connectivity index (χ0n) is 10.6. The monoisotopic (exact) mass is 219 g/mol. The number of benzene rings is 1. The molecule has 0 atom stereocenters. The maximum Gasteiger partial charge on any atom is 0.123 e. The van der Waals surface area contributed by atoms with Crippen LogP contribution in [0.2, 0.25) is 0 Å². The minimum absolute atomic E-state index is 0.0564. The molecule has 0 radical (unpaired) electrons. The molecule has 0 amide bonds. The van der Waals surface area contributed by atoms with Crippen molar-refractivity contribution in [1.29, 1.82) is 0 Å². The van der Waals surface area contributed by atoms with E-state index in [1.54, 1.807) is 0 Å². The van der Waals surface area contributed by atoms with E-state index in [1.165, 1.54) is 11.1 Å². The van der Waals surface area contributed by atoms with Crippen LogP contribution >= 0.6 is 0 Å². The third-order valence-corrected chi connectivity index (χ3v) is 2.79. The van der Waals surface area contributed by atoms with E-state index in [-0.39, 0.29) is 11.1 Å². The Labute approximate surface area is 97.8 Å². The van der Waals surface area contributed by atoms with Crippen molar-refractivity contribution in [1.82, 2.24) is 0 Å². The van der Waals surface area contributed by atoms with Crippen molar-refractivity contribution in [3.8, 4) is 5.75 Å². The molecule has 16 heavy (non-hydrogen) atoms. The molecule has 1 aliphatic rings. The highest BCUT2D eigenvalue weighted by Crippen LogP contribution is 2.35. The summed E-state index contributed by atoms with van der Waals surface area (Å²) in [5.74, 6) is 1.03. The summed E-state index contributed by atoms with van der Waals surface area (Å²) < 4.78 is 5.85. The molecule has 1 aliphatic heterocycles. The van der Waals surface area contributed by atoms with Crippen LogP contribution in [0.1, 0.15) is 38.8 Å². The van der Waals surface area contributed by atoms with Gasteiger partial charge in [-0.15, -0.1) is 0 Å². The van der Waals surface area contributed by atoms with Crippen molar-refractivity contribution in [2.45, 2.75) is 51.7 Å². The van der Waals surface area contributed by atoms with E-state index in [2.05, 4.69) is 45.9 Å². The second-order valence-corrected chi connectivity index (χ2v) is 6.15. The summed E-state index contributed by atoms with van der Waals surface area (Å²) in [6.45, 7) is 8.36. The molecule has 0 fully saturated rings. The van der Waals surface area contributed by atoms with Gasteiger partial charge in [0, 0.05) is 12.0 Å². The lowest BCUT2D eigenvalue weighted by atomic mass is 9.93. The van der Waals surface area contributed by atoms with Crippen LogP contribution in [0.25, 0.3) is 0 Å². The summed E-state index contributed by atoms with van der Waals surface area (Å²) in [6, 6.07) is 6.43. The molecule has 88 valence electrons. The van der Waals surface area contributed by atoms with Crippen molar-refractivity contribution in [2.75, 3.05) is 0 Å². The molecule has 2 heteroatoms. The van der Waals surface area contributed by atoms with Gasteiger partial charge < -0.3 is 10.5 Å². The van der Waals surface area contributed by atoms with Gasteiger partial charge >= 0.3 is 0 Å². The Morgan fingerprint density at radius 1 is 1.38 bits per heavy atom. The Balaban J connectivity index is 2.23. The van der Waals surface area contributed by atoms with Crippen molar-refractivity contribution < 1.29 is 4.74 Å². The first-order valence-corrected chi connectivity index (χ1v) is 5.85. The quantitative estimate of drug-likeness (QED) is 0.830. The molecule has 2 rings (SSSR count). The number of fused-ring (bicyclic) bond motifs is 1. The highest BCUT2D eigenvalue weighted by Gasteiger charge is 2.30. The predicted molar refractivity (Wildman–Crippen MR) is 66.8 cm³/mol. The zero-order valence-corrected chi connectivity index (χ0v) is 10.6. The fraction of sp³-hybridized carbons (Fsp3) is 0.571. The minimum atomic E-state index is -0.150. The highest BCUT2D eigenvalue weighted by molar-refractivity contribution is 5.42. The summed E-state index contributed by atoms with van der Waals surface area (Å²) in [4.78, 5) is 0. The second kappa shape index (κ2) is 3.49. The minimum Gasteiger partial charge on any atom is -0.487 e. The second-order valence-electron chi connectivity index (χ2n) is 6.15. The number of hydrogen-bond acceptors (Lipinski definition) is 2. The van der Waals surface area contributed by atoms with Crippen molar-refractivity contribution in [3.05, 3.63) is 29.3 Å². The molecule has 2 nitrogen and oxygen atoms in total. The van der Waals surface area contributed by atoms with Crippen LogP contribution in [0.5, 0.6) is 5.75 Å². The molecular formula is C14H21NO. The molecule has 0 spiro atoms. The molecule has 0 saturated carbocycles. The molecule has 1 aromatic carbocycles. The van der Waals surface area contributed by atoms with E-state index >= 15 is 0 Å². The first-order valence-electron chi connectivity index (χ1n) is 5.85. The fourth-order valence-corrected chi connectivity index (χ4v) is 2.30. The topological polar surface area (TPSA) is 35.2 Å². The largest absolute Gasteiger partial charge is 0.487 e. The summed E-state index contributed by atoms with van der Waals surface area (Å²) in [7, 11) is 0. The van der Waals surface area contributed by atoms with Crippen LogP contribution in [0.15, 0.2) is 18.2 Å².